The first-order chi connectivity index (χ1) is 12.6. The fourth-order valence-electron chi connectivity index (χ4n) is 4.77. The maximum absolute atomic E-state index is 10.0. The minimum atomic E-state index is -0.499. The standard InChI is InChI=1S/C21H22O5/c22-14-3-1-13(2-4-14)20-16-7-8-21(24-9-10-25-21)12-18(16)17-11-15(23)5-6-19(17)26-20/h1-6,11,16,18,20,22-23H,7-10,12H2/t16-,18+,20-/m1/s1. The van der Waals surface area contributed by atoms with Crippen LogP contribution in [0, 0.1) is 5.92 Å². The number of phenolic OH excluding ortho intramolecular Hbond substituents is 2. The smallest absolute Gasteiger partial charge is 0.169 e. The van der Waals surface area contributed by atoms with Gasteiger partial charge in [-0.15, -0.1) is 0 Å². The van der Waals surface area contributed by atoms with Crippen molar-refractivity contribution in [3.05, 3.63) is 53.6 Å². The molecule has 2 aromatic carbocycles. The third-order valence-electron chi connectivity index (χ3n) is 5.98. The lowest BCUT2D eigenvalue weighted by molar-refractivity contribution is -0.193. The second-order valence-corrected chi connectivity index (χ2v) is 7.47. The molecule has 1 saturated carbocycles. The fourth-order valence-corrected chi connectivity index (χ4v) is 4.77. The van der Waals surface area contributed by atoms with Crippen molar-refractivity contribution in [1.82, 2.24) is 0 Å². The van der Waals surface area contributed by atoms with Gasteiger partial charge in [0.15, 0.2) is 5.79 Å². The van der Waals surface area contributed by atoms with E-state index in [1.54, 1.807) is 18.2 Å². The van der Waals surface area contributed by atoms with Crippen LogP contribution >= 0.6 is 0 Å². The van der Waals surface area contributed by atoms with Crippen LogP contribution in [0.3, 0.4) is 0 Å². The molecule has 26 heavy (non-hydrogen) atoms. The van der Waals surface area contributed by atoms with Gasteiger partial charge in [-0.25, -0.2) is 0 Å². The lowest BCUT2D eigenvalue weighted by Gasteiger charge is -2.47. The Bertz CT molecular complexity index is 810. The van der Waals surface area contributed by atoms with Crippen LogP contribution in [-0.4, -0.2) is 29.2 Å². The summed E-state index contributed by atoms with van der Waals surface area (Å²) in [6.07, 6.45) is 2.45. The molecule has 136 valence electrons. The molecule has 1 aliphatic carbocycles. The van der Waals surface area contributed by atoms with Crippen molar-refractivity contribution in [3.8, 4) is 17.2 Å². The Morgan fingerprint density at radius 1 is 0.923 bits per heavy atom. The highest BCUT2D eigenvalue weighted by molar-refractivity contribution is 5.45. The lowest BCUT2D eigenvalue weighted by atomic mass is 9.68. The van der Waals surface area contributed by atoms with Crippen LogP contribution < -0.4 is 4.74 Å². The highest BCUT2D eigenvalue weighted by Gasteiger charge is 2.50. The van der Waals surface area contributed by atoms with Gasteiger partial charge < -0.3 is 24.4 Å². The van der Waals surface area contributed by atoms with Crippen LogP contribution in [0.25, 0.3) is 0 Å². The summed E-state index contributed by atoms with van der Waals surface area (Å²) in [6, 6.07) is 12.6. The third-order valence-corrected chi connectivity index (χ3v) is 5.98. The number of aromatic hydroxyl groups is 2. The van der Waals surface area contributed by atoms with Gasteiger partial charge in [-0.3, -0.25) is 0 Å². The normalized spacial score (nSPS) is 29.0. The Hall–Kier alpha value is -2.24. The average molecular weight is 354 g/mol. The Balaban J connectivity index is 1.56. The van der Waals surface area contributed by atoms with Crippen molar-refractivity contribution in [2.24, 2.45) is 5.92 Å². The van der Waals surface area contributed by atoms with E-state index >= 15 is 0 Å². The minimum Gasteiger partial charge on any atom is -0.508 e. The quantitative estimate of drug-likeness (QED) is 0.814. The molecule has 1 spiro atoms. The topological polar surface area (TPSA) is 68.2 Å². The highest BCUT2D eigenvalue weighted by atomic mass is 16.7. The molecule has 5 rings (SSSR count). The van der Waals surface area contributed by atoms with Gasteiger partial charge in [0.05, 0.1) is 13.2 Å². The first kappa shape index (κ1) is 16.0. The van der Waals surface area contributed by atoms with E-state index in [9.17, 15) is 10.2 Å². The van der Waals surface area contributed by atoms with E-state index < -0.39 is 5.79 Å². The molecule has 2 heterocycles. The summed E-state index contributed by atoms with van der Waals surface area (Å²) in [4.78, 5) is 0. The van der Waals surface area contributed by atoms with Crippen molar-refractivity contribution in [2.45, 2.75) is 37.1 Å². The van der Waals surface area contributed by atoms with E-state index in [1.807, 2.05) is 24.3 Å². The number of ether oxygens (including phenoxy) is 3. The van der Waals surface area contributed by atoms with E-state index in [2.05, 4.69) is 0 Å². The zero-order valence-electron chi connectivity index (χ0n) is 14.4. The maximum atomic E-state index is 10.0. The molecule has 0 radical (unpaired) electrons. The number of rotatable bonds is 1. The summed E-state index contributed by atoms with van der Waals surface area (Å²) in [5.74, 6) is 1.27. The predicted molar refractivity (Wildman–Crippen MR) is 94.3 cm³/mol. The van der Waals surface area contributed by atoms with Crippen LogP contribution in [0.4, 0.5) is 0 Å². The molecular formula is C21H22O5. The molecule has 2 fully saturated rings. The molecule has 5 heteroatoms. The predicted octanol–water partition coefficient (Wildman–Crippen LogP) is 3.86. The van der Waals surface area contributed by atoms with Crippen molar-refractivity contribution < 1.29 is 24.4 Å². The molecule has 1 saturated heterocycles. The maximum Gasteiger partial charge on any atom is 0.169 e. The summed E-state index contributed by atoms with van der Waals surface area (Å²) in [5, 5.41) is 19.6. The number of hydrogen-bond donors (Lipinski definition) is 2. The van der Waals surface area contributed by atoms with Crippen molar-refractivity contribution >= 4 is 0 Å². The molecule has 0 unspecified atom stereocenters. The van der Waals surface area contributed by atoms with Gasteiger partial charge in [-0.1, -0.05) is 12.1 Å². The van der Waals surface area contributed by atoms with Gasteiger partial charge in [0.2, 0.25) is 0 Å². The van der Waals surface area contributed by atoms with Gasteiger partial charge in [-0.05, 0) is 48.2 Å². The summed E-state index contributed by atoms with van der Waals surface area (Å²) >= 11 is 0. The number of hydrogen-bond acceptors (Lipinski definition) is 5. The zero-order valence-corrected chi connectivity index (χ0v) is 14.4. The van der Waals surface area contributed by atoms with E-state index in [0.29, 0.717) is 13.2 Å². The van der Waals surface area contributed by atoms with Gasteiger partial charge in [0, 0.05) is 24.3 Å². The molecule has 2 aliphatic heterocycles. The van der Waals surface area contributed by atoms with Crippen LogP contribution in [-0.2, 0) is 9.47 Å². The van der Waals surface area contributed by atoms with E-state index in [4.69, 9.17) is 14.2 Å². The Kier molecular flexibility index (Phi) is 3.62. The Morgan fingerprint density at radius 3 is 2.42 bits per heavy atom. The monoisotopic (exact) mass is 354 g/mol. The van der Waals surface area contributed by atoms with Crippen LogP contribution in [0.15, 0.2) is 42.5 Å². The second kappa shape index (κ2) is 5.89. The molecular weight excluding hydrogens is 332 g/mol. The summed E-state index contributed by atoms with van der Waals surface area (Å²) < 4.78 is 18.3. The lowest BCUT2D eigenvalue weighted by Crippen LogP contribution is -2.43. The first-order valence-electron chi connectivity index (χ1n) is 9.20. The van der Waals surface area contributed by atoms with Crippen molar-refractivity contribution in [1.29, 1.82) is 0 Å². The van der Waals surface area contributed by atoms with Crippen molar-refractivity contribution in [3.63, 3.8) is 0 Å². The van der Waals surface area contributed by atoms with Crippen LogP contribution in [0.1, 0.15) is 42.4 Å². The highest BCUT2D eigenvalue weighted by Crippen LogP contribution is 2.56. The van der Waals surface area contributed by atoms with Crippen LogP contribution in [0.5, 0.6) is 17.2 Å². The Labute approximate surface area is 152 Å². The summed E-state index contributed by atoms with van der Waals surface area (Å²) in [7, 11) is 0. The zero-order chi connectivity index (χ0) is 17.7. The molecule has 5 nitrogen and oxygen atoms in total. The molecule has 3 atom stereocenters. The summed E-state index contributed by atoms with van der Waals surface area (Å²) in [6.45, 7) is 1.28. The number of phenols is 2. The summed E-state index contributed by atoms with van der Waals surface area (Å²) in [5.41, 5.74) is 2.09. The molecule has 2 N–H and O–H groups in total. The van der Waals surface area contributed by atoms with Gasteiger partial charge in [-0.2, -0.15) is 0 Å². The average Bonchev–Trinajstić information content (AvgIpc) is 3.10. The van der Waals surface area contributed by atoms with E-state index in [-0.39, 0.29) is 29.4 Å². The van der Waals surface area contributed by atoms with Crippen LogP contribution in [0.2, 0.25) is 0 Å². The molecule has 2 aromatic rings. The third kappa shape index (κ3) is 2.54. The van der Waals surface area contributed by atoms with Crippen molar-refractivity contribution in [2.75, 3.05) is 13.2 Å². The SMILES string of the molecule is Oc1ccc([C@H]2Oc3ccc(O)cc3[C@H]3CC4(CC[C@H]32)OCCO4)cc1. The number of fused-ring (bicyclic) bond motifs is 3. The molecule has 0 bridgehead atoms. The van der Waals surface area contributed by atoms with Gasteiger partial charge in [0.25, 0.3) is 0 Å². The second-order valence-electron chi connectivity index (χ2n) is 7.47. The Morgan fingerprint density at radius 2 is 1.65 bits per heavy atom. The van der Waals surface area contributed by atoms with Gasteiger partial charge in [0.1, 0.15) is 23.4 Å². The fraction of sp³-hybridized carbons (Fsp3) is 0.429. The molecule has 0 aromatic heterocycles. The largest absolute Gasteiger partial charge is 0.508 e. The minimum absolute atomic E-state index is 0.0867. The van der Waals surface area contributed by atoms with E-state index in [1.165, 1.54) is 0 Å². The van der Waals surface area contributed by atoms with Gasteiger partial charge >= 0.3 is 0 Å². The molecule has 0 amide bonds. The number of benzene rings is 2. The first-order valence-corrected chi connectivity index (χ1v) is 9.20. The molecule has 3 aliphatic rings. The van der Waals surface area contributed by atoms with E-state index in [0.717, 1.165) is 36.1 Å².